The van der Waals surface area contributed by atoms with Crippen LogP contribution < -0.4 is 5.32 Å². The van der Waals surface area contributed by atoms with Gasteiger partial charge in [0.15, 0.2) is 0 Å². The summed E-state index contributed by atoms with van der Waals surface area (Å²) in [6, 6.07) is 6.22. The molecule has 1 heterocycles. The molecule has 1 aliphatic rings. The van der Waals surface area contributed by atoms with Crippen LogP contribution >= 0.6 is 0 Å². The van der Waals surface area contributed by atoms with Crippen molar-refractivity contribution in [2.75, 3.05) is 26.2 Å². The Hall–Kier alpha value is -1.18. The van der Waals surface area contributed by atoms with Crippen LogP contribution in [0, 0.1) is 5.82 Å². The van der Waals surface area contributed by atoms with Crippen molar-refractivity contribution in [3.8, 4) is 0 Å². The Bertz CT molecular complexity index is 487. The molecular formula is C16H22F4N2O. The molecule has 23 heavy (non-hydrogen) atoms. The van der Waals surface area contributed by atoms with E-state index in [4.69, 9.17) is 0 Å². The van der Waals surface area contributed by atoms with E-state index in [1.165, 1.54) is 6.07 Å². The summed E-state index contributed by atoms with van der Waals surface area (Å²) in [5.41, 5.74) is 0.252. The summed E-state index contributed by atoms with van der Waals surface area (Å²) in [6.07, 6.45) is -4.38. The summed E-state index contributed by atoms with van der Waals surface area (Å²) in [5, 5.41) is 13.2. The number of aliphatic hydroxyl groups excluding tert-OH is 1. The lowest BCUT2D eigenvalue weighted by atomic mass is 10.0. The Morgan fingerprint density at radius 2 is 1.87 bits per heavy atom. The predicted molar refractivity (Wildman–Crippen MR) is 79.5 cm³/mol. The number of nitrogens with zero attached hydrogens (tertiary/aromatic N) is 1. The summed E-state index contributed by atoms with van der Waals surface area (Å²) < 4.78 is 50.1. The minimum Gasteiger partial charge on any atom is -0.387 e. The summed E-state index contributed by atoms with van der Waals surface area (Å²) in [7, 11) is 0. The van der Waals surface area contributed by atoms with Crippen LogP contribution in [0.25, 0.3) is 0 Å². The number of likely N-dealkylation sites (tertiary alicyclic amines) is 1. The van der Waals surface area contributed by atoms with E-state index < -0.39 is 24.5 Å². The highest BCUT2D eigenvalue weighted by atomic mass is 19.4. The van der Waals surface area contributed by atoms with Crippen LogP contribution in [0.2, 0.25) is 0 Å². The monoisotopic (exact) mass is 334 g/mol. The Balaban J connectivity index is 1.69. The molecule has 1 aromatic carbocycles. The average molecular weight is 334 g/mol. The zero-order chi connectivity index (χ0) is 16.9. The largest absolute Gasteiger partial charge is 0.390 e. The van der Waals surface area contributed by atoms with Crippen molar-refractivity contribution >= 4 is 0 Å². The number of nitrogens with one attached hydrogen (secondary N) is 1. The zero-order valence-electron chi connectivity index (χ0n) is 12.8. The van der Waals surface area contributed by atoms with E-state index in [-0.39, 0.29) is 24.7 Å². The van der Waals surface area contributed by atoms with Gasteiger partial charge in [-0.3, -0.25) is 0 Å². The third-order valence-electron chi connectivity index (χ3n) is 4.16. The van der Waals surface area contributed by atoms with Gasteiger partial charge < -0.3 is 15.3 Å². The number of hydrogen-bond donors (Lipinski definition) is 2. The van der Waals surface area contributed by atoms with E-state index in [9.17, 15) is 22.7 Å². The summed E-state index contributed by atoms with van der Waals surface area (Å²) in [4.78, 5) is 1.80. The molecule has 0 amide bonds. The van der Waals surface area contributed by atoms with Crippen molar-refractivity contribution in [2.45, 2.75) is 37.6 Å². The Labute approximate surface area is 133 Å². The highest BCUT2D eigenvalue weighted by Gasteiger charge is 2.29. The number of alkyl halides is 3. The number of hydrogen-bond acceptors (Lipinski definition) is 3. The average Bonchev–Trinajstić information content (AvgIpc) is 2.51. The molecule has 3 nitrogen and oxygen atoms in total. The van der Waals surface area contributed by atoms with Crippen LogP contribution in [0.15, 0.2) is 24.3 Å². The van der Waals surface area contributed by atoms with Crippen LogP contribution in [0.1, 0.15) is 30.9 Å². The molecule has 0 saturated carbocycles. The summed E-state index contributed by atoms with van der Waals surface area (Å²) >= 11 is 0. The fourth-order valence-electron chi connectivity index (χ4n) is 2.78. The first kappa shape index (κ1) is 18.2. The van der Waals surface area contributed by atoms with Crippen molar-refractivity contribution in [3.63, 3.8) is 0 Å². The fourth-order valence-corrected chi connectivity index (χ4v) is 2.78. The molecule has 0 bridgehead atoms. The van der Waals surface area contributed by atoms with Gasteiger partial charge in [-0.15, -0.1) is 0 Å². The van der Waals surface area contributed by atoms with Crippen molar-refractivity contribution in [2.24, 2.45) is 0 Å². The number of piperidine rings is 1. The van der Waals surface area contributed by atoms with Gasteiger partial charge in [0.25, 0.3) is 0 Å². The van der Waals surface area contributed by atoms with E-state index >= 15 is 0 Å². The predicted octanol–water partition coefficient (Wildman–Crippen LogP) is 2.87. The Morgan fingerprint density at radius 1 is 1.22 bits per heavy atom. The molecule has 0 aliphatic carbocycles. The second-order valence-electron chi connectivity index (χ2n) is 5.93. The van der Waals surface area contributed by atoms with E-state index in [1.54, 1.807) is 23.1 Å². The van der Waals surface area contributed by atoms with Gasteiger partial charge >= 0.3 is 6.18 Å². The van der Waals surface area contributed by atoms with Gasteiger partial charge in [0.1, 0.15) is 5.82 Å². The molecule has 2 rings (SSSR count). The van der Waals surface area contributed by atoms with E-state index in [1.807, 2.05) is 0 Å². The molecule has 2 N–H and O–H groups in total. The lowest BCUT2D eigenvalue weighted by Gasteiger charge is -2.33. The molecule has 1 aromatic rings. The molecular weight excluding hydrogens is 312 g/mol. The van der Waals surface area contributed by atoms with Crippen molar-refractivity contribution in [3.05, 3.63) is 35.6 Å². The minimum absolute atomic E-state index is 0.0358. The quantitative estimate of drug-likeness (QED) is 0.786. The van der Waals surface area contributed by atoms with Crippen LogP contribution in [-0.2, 0) is 0 Å². The SMILES string of the molecule is OC(CNC1CCN(CCC(F)(F)F)CC1)c1ccccc1F. The van der Waals surface area contributed by atoms with E-state index in [0.29, 0.717) is 13.1 Å². The third-order valence-corrected chi connectivity index (χ3v) is 4.16. The van der Waals surface area contributed by atoms with Gasteiger partial charge in [-0.25, -0.2) is 4.39 Å². The summed E-state index contributed by atoms with van der Waals surface area (Å²) in [5.74, 6) is -0.441. The maximum absolute atomic E-state index is 13.6. The maximum atomic E-state index is 13.6. The maximum Gasteiger partial charge on any atom is 0.390 e. The fraction of sp³-hybridized carbons (Fsp3) is 0.625. The molecule has 1 unspecified atom stereocenters. The van der Waals surface area contributed by atoms with Gasteiger partial charge in [-0.05, 0) is 32.0 Å². The Kier molecular flexibility index (Phi) is 6.38. The molecule has 130 valence electrons. The second kappa shape index (κ2) is 8.08. The van der Waals surface area contributed by atoms with Crippen molar-refractivity contribution in [1.82, 2.24) is 10.2 Å². The molecule has 0 aromatic heterocycles. The molecule has 1 fully saturated rings. The van der Waals surface area contributed by atoms with Gasteiger partial charge in [-0.1, -0.05) is 18.2 Å². The van der Waals surface area contributed by atoms with Gasteiger partial charge in [-0.2, -0.15) is 13.2 Å². The first-order valence-electron chi connectivity index (χ1n) is 7.80. The van der Waals surface area contributed by atoms with Crippen LogP contribution in [0.5, 0.6) is 0 Å². The molecule has 0 radical (unpaired) electrons. The van der Waals surface area contributed by atoms with Crippen molar-refractivity contribution < 1.29 is 22.7 Å². The lowest BCUT2D eigenvalue weighted by Crippen LogP contribution is -2.44. The summed E-state index contributed by atoms with van der Waals surface area (Å²) in [6.45, 7) is 1.47. The number of benzene rings is 1. The Morgan fingerprint density at radius 3 is 2.48 bits per heavy atom. The molecule has 1 atom stereocenters. The van der Waals surface area contributed by atoms with Gasteiger partial charge in [0.2, 0.25) is 0 Å². The van der Waals surface area contributed by atoms with E-state index in [2.05, 4.69) is 5.32 Å². The van der Waals surface area contributed by atoms with Gasteiger partial charge in [0, 0.05) is 24.7 Å². The highest BCUT2D eigenvalue weighted by Crippen LogP contribution is 2.21. The first-order chi connectivity index (χ1) is 10.8. The minimum atomic E-state index is -4.11. The molecule has 1 aliphatic heterocycles. The molecule has 7 heteroatoms. The second-order valence-corrected chi connectivity index (χ2v) is 5.93. The molecule has 1 saturated heterocycles. The van der Waals surface area contributed by atoms with Crippen LogP contribution in [0.3, 0.4) is 0 Å². The normalized spacial score (nSPS) is 19.0. The molecule has 0 spiro atoms. The number of rotatable bonds is 6. The standard InChI is InChI=1S/C16H22F4N2O/c17-14-4-2-1-3-13(14)15(23)11-21-12-5-8-22(9-6-12)10-7-16(18,19)20/h1-4,12,15,21,23H,5-11H2. The highest BCUT2D eigenvalue weighted by molar-refractivity contribution is 5.20. The van der Waals surface area contributed by atoms with E-state index in [0.717, 1.165) is 12.8 Å². The first-order valence-corrected chi connectivity index (χ1v) is 7.80. The van der Waals surface area contributed by atoms with Crippen molar-refractivity contribution in [1.29, 1.82) is 0 Å². The number of halogens is 4. The zero-order valence-corrected chi connectivity index (χ0v) is 12.8. The lowest BCUT2D eigenvalue weighted by molar-refractivity contribution is -0.138. The van der Waals surface area contributed by atoms with Gasteiger partial charge in [0.05, 0.1) is 12.5 Å². The van der Waals surface area contributed by atoms with Crippen LogP contribution in [-0.4, -0.2) is 48.4 Å². The van der Waals surface area contributed by atoms with Crippen LogP contribution in [0.4, 0.5) is 17.6 Å². The smallest absolute Gasteiger partial charge is 0.387 e. The number of aliphatic hydroxyl groups is 1. The topological polar surface area (TPSA) is 35.5 Å². The third kappa shape index (κ3) is 6.08.